The molecule has 1 aliphatic rings. The highest BCUT2D eigenvalue weighted by atomic mass is 16.2. The minimum Gasteiger partial charge on any atom is -0.333 e. The minimum absolute atomic E-state index is 0.0812. The standard InChI is InChI=1S/C13H26N2O/c1-12(2,3)7-10-8-15(9-10)11(16)14-13(4,5)6/h10H,7-9H2,1-6H3,(H,14,16). The van der Waals surface area contributed by atoms with Gasteiger partial charge in [0.2, 0.25) is 0 Å². The second kappa shape index (κ2) is 4.27. The summed E-state index contributed by atoms with van der Waals surface area (Å²) in [4.78, 5) is 13.7. The molecule has 3 nitrogen and oxygen atoms in total. The summed E-state index contributed by atoms with van der Waals surface area (Å²) in [6, 6.07) is 0.0812. The smallest absolute Gasteiger partial charge is 0.317 e. The first-order valence-corrected chi connectivity index (χ1v) is 6.14. The number of likely N-dealkylation sites (tertiary alicyclic amines) is 1. The molecule has 1 heterocycles. The van der Waals surface area contributed by atoms with Crippen LogP contribution in [0.3, 0.4) is 0 Å². The van der Waals surface area contributed by atoms with Gasteiger partial charge in [-0.1, -0.05) is 20.8 Å². The van der Waals surface area contributed by atoms with Crippen molar-refractivity contribution in [3.8, 4) is 0 Å². The average molecular weight is 226 g/mol. The summed E-state index contributed by atoms with van der Waals surface area (Å²) in [5.41, 5.74) is 0.240. The van der Waals surface area contributed by atoms with E-state index in [-0.39, 0.29) is 11.6 Å². The Morgan fingerprint density at radius 2 is 1.69 bits per heavy atom. The van der Waals surface area contributed by atoms with Crippen LogP contribution in [-0.2, 0) is 0 Å². The third-order valence-corrected chi connectivity index (χ3v) is 2.63. The molecule has 94 valence electrons. The number of amides is 2. The molecule has 1 rings (SSSR count). The number of rotatable bonds is 1. The van der Waals surface area contributed by atoms with E-state index in [1.807, 2.05) is 25.7 Å². The zero-order valence-electron chi connectivity index (χ0n) is 11.6. The van der Waals surface area contributed by atoms with Crippen molar-refractivity contribution in [3.63, 3.8) is 0 Å². The number of urea groups is 1. The van der Waals surface area contributed by atoms with Crippen LogP contribution in [0.15, 0.2) is 0 Å². The van der Waals surface area contributed by atoms with Crippen molar-refractivity contribution in [1.29, 1.82) is 0 Å². The van der Waals surface area contributed by atoms with Crippen LogP contribution in [0.4, 0.5) is 4.79 Å². The first-order valence-electron chi connectivity index (χ1n) is 6.14. The third kappa shape index (κ3) is 4.42. The summed E-state index contributed by atoms with van der Waals surface area (Å²) < 4.78 is 0. The van der Waals surface area contributed by atoms with Crippen LogP contribution in [0.25, 0.3) is 0 Å². The first-order chi connectivity index (χ1) is 7.07. The monoisotopic (exact) mass is 226 g/mol. The first kappa shape index (κ1) is 13.3. The predicted molar refractivity (Wildman–Crippen MR) is 67.4 cm³/mol. The van der Waals surface area contributed by atoms with E-state index in [4.69, 9.17) is 0 Å². The minimum atomic E-state index is -0.133. The Morgan fingerprint density at radius 3 is 2.06 bits per heavy atom. The molecule has 3 heteroatoms. The van der Waals surface area contributed by atoms with Crippen LogP contribution < -0.4 is 5.32 Å². The van der Waals surface area contributed by atoms with Crippen molar-refractivity contribution >= 4 is 6.03 Å². The van der Waals surface area contributed by atoms with E-state index in [9.17, 15) is 4.79 Å². The summed E-state index contributed by atoms with van der Waals surface area (Å²) in [5, 5.41) is 2.99. The summed E-state index contributed by atoms with van der Waals surface area (Å²) in [5.74, 6) is 0.686. The number of carbonyl (C=O) groups is 1. The maximum absolute atomic E-state index is 11.8. The Labute approximate surface area is 99.6 Å². The van der Waals surface area contributed by atoms with Crippen molar-refractivity contribution in [3.05, 3.63) is 0 Å². The zero-order valence-corrected chi connectivity index (χ0v) is 11.6. The molecule has 16 heavy (non-hydrogen) atoms. The second-order valence-corrected chi connectivity index (χ2v) is 7.22. The highest BCUT2D eigenvalue weighted by Gasteiger charge is 2.34. The Bertz CT molecular complexity index is 254. The molecule has 0 bridgehead atoms. The van der Waals surface area contributed by atoms with Crippen LogP contribution in [0.5, 0.6) is 0 Å². The molecule has 0 aliphatic carbocycles. The van der Waals surface area contributed by atoms with Gasteiger partial charge >= 0.3 is 6.03 Å². The fourth-order valence-electron chi connectivity index (χ4n) is 2.13. The fourth-order valence-corrected chi connectivity index (χ4v) is 2.13. The third-order valence-electron chi connectivity index (χ3n) is 2.63. The number of carbonyl (C=O) groups excluding carboxylic acids is 1. The number of hydrogen-bond acceptors (Lipinski definition) is 1. The SMILES string of the molecule is CC(C)(C)CC1CN(C(=O)NC(C)(C)C)C1. The lowest BCUT2D eigenvalue weighted by molar-refractivity contribution is 0.0892. The summed E-state index contributed by atoms with van der Waals surface area (Å²) in [6.07, 6.45) is 1.20. The van der Waals surface area contributed by atoms with Crippen molar-refractivity contribution < 1.29 is 4.79 Å². The van der Waals surface area contributed by atoms with Gasteiger partial charge in [-0.2, -0.15) is 0 Å². The molecule has 0 saturated carbocycles. The Balaban J connectivity index is 2.28. The van der Waals surface area contributed by atoms with Crippen LogP contribution in [-0.4, -0.2) is 29.6 Å². The molecule has 0 aromatic heterocycles. The lowest BCUT2D eigenvalue weighted by Crippen LogP contribution is -2.57. The van der Waals surface area contributed by atoms with Gasteiger partial charge in [0.1, 0.15) is 0 Å². The van der Waals surface area contributed by atoms with Crippen molar-refractivity contribution in [2.45, 2.75) is 53.5 Å². The molecule has 0 unspecified atom stereocenters. The summed E-state index contributed by atoms with van der Waals surface area (Å²) in [6.45, 7) is 14.6. The fraction of sp³-hybridized carbons (Fsp3) is 0.923. The zero-order chi connectivity index (χ0) is 12.6. The van der Waals surface area contributed by atoms with E-state index in [0.717, 1.165) is 13.1 Å². The molecule has 0 spiro atoms. The molecule has 1 N–H and O–H groups in total. The highest BCUT2D eigenvalue weighted by Crippen LogP contribution is 2.30. The van der Waals surface area contributed by atoms with Crippen LogP contribution in [0.2, 0.25) is 0 Å². The number of nitrogens with one attached hydrogen (secondary N) is 1. The molecular formula is C13H26N2O. The van der Waals surface area contributed by atoms with Gasteiger partial charge in [0.15, 0.2) is 0 Å². The van der Waals surface area contributed by atoms with Gasteiger partial charge in [-0.25, -0.2) is 4.79 Å². The van der Waals surface area contributed by atoms with Crippen LogP contribution >= 0.6 is 0 Å². The van der Waals surface area contributed by atoms with E-state index < -0.39 is 0 Å². The van der Waals surface area contributed by atoms with Gasteiger partial charge in [0.25, 0.3) is 0 Å². The maximum Gasteiger partial charge on any atom is 0.317 e. The highest BCUT2D eigenvalue weighted by molar-refractivity contribution is 5.75. The van der Waals surface area contributed by atoms with E-state index in [1.54, 1.807) is 0 Å². The van der Waals surface area contributed by atoms with Crippen molar-refractivity contribution in [2.24, 2.45) is 11.3 Å². The quantitative estimate of drug-likeness (QED) is 0.732. The van der Waals surface area contributed by atoms with Crippen LogP contribution in [0, 0.1) is 11.3 Å². The maximum atomic E-state index is 11.8. The van der Waals surface area contributed by atoms with Gasteiger partial charge < -0.3 is 10.2 Å². The van der Waals surface area contributed by atoms with Crippen molar-refractivity contribution in [1.82, 2.24) is 10.2 Å². The largest absolute Gasteiger partial charge is 0.333 e. The Kier molecular flexibility index (Phi) is 3.56. The molecule has 0 aromatic carbocycles. The van der Waals surface area contributed by atoms with Gasteiger partial charge in [-0.3, -0.25) is 0 Å². The Hall–Kier alpha value is -0.730. The van der Waals surface area contributed by atoms with Crippen molar-refractivity contribution in [2.75, 3.05) is 13.1 Å². The van der Waals surface area contributed by atoms with Gasteiger partial charge in [-0.15, -0.1) is 0 Å². The topological polar surface area (TPSA) is 32.3 Å². The van der Waals surface area contributed by atoms with Gasteiger partial charge in [-0.05, 0) is 38.5 Å². The van der Waals surface area contributed by atoms with E-state index in [1.165, 1.54) is 6.42 Å². The van der Waals surface area contributed by atoms with E-state index in [2.05, 4.69) is 26.1 Å². The number of nitrogens with zero attached hydrogens (tertiary/aromatic N) is 1. The molecule has 1 aliphatic heterocycles. The average Bonchev–Trinajstić information content (AvgIpc) is 1.89. The Morgan fingerprint density at radius 1 is 1.19 bits per heavy atom. The van der Waals surface area contributed by atoms with Gasteiger partial charge in [0.05, 0.1) is 0 Å². The number of hydrogen-bond donors (Lipinski definition) is 1. The molecular weight excluding hydrogens is 200 g/mol. The lowest BCUT2D eigenvalue weighted by Gasteiger charge is -2.43. The molecule has 0 aromatic rings. The summed E-state index contributed by atoms with van der Waals surface area (Å²) >= 11 is 0. The molecule has 1 fully saturated rings. The normalized spacial score (nSPS) is 18.2. The van der Waals surface area contributed by atoms with E-state index >= 15 is 0 Å². The lowest BCUT2D eigenvalue weighted by atomic mass is 9.81. The van der Waals surface area contributed by atoms with Crippen LogP contribution in [0.1, 0.15) is 48.0 Å². The van der Waals surface area contributed by atoms with Gasteiger partial charge in [0, 0.05) is 18.6 Å². The van der Waals surface area contributed by atoms with E-state index in [0.29, 0.717) is 11.3 Å². The molecule has 1 saturated heterocycles. The molecule has 0 atom stereocenters. The summed E-state index contributed by atoms with van der Waals surface area (Å²) in [7, 11) is 0. The molecule has 2 amide bonds. The second-order valence-electron chi connectivity index (χ2n) is 7.22. The predicted octanol–water partition coefficient (Wildman–Crippen LogP) is 2.86. The molecule has 0 radical (unpaired) electrons.